The monoisotopic (exact) mass is 400 g/mol. The van der Waals surface area contributed by atoms with Gasteiger partial charge in [0.25, 0.3) is 0 Å². The number of hydrogen-bond donors (Lipinski definition) is 0. The third-order valence-electron chi connectivity index (χ3n) is 3.21. The lowest BCUT2D eigenvalue weighted by Gasteiger charge is -2.35. The fraction of sp³-hybridized carbons (Fsp3) is 0.583. The van der Waals surface area contributed by atoms with Crippen LogP contribution in [0.15, 0.2) is 16.7 Å². The average molecular weight is 402 g/mol. The minimum Gasteiger partial charge on any atom is -0.359 e. The highest BCUT2D eigenvalue weighted by Gasteiger charge is 2.36. The van der Waals surface area contributed by atoms with Crippen LogP contribution in [0.5, 0.6) is 0 Å². The van der Waals surface area contributed by atoms with Crippen LogP contribution in [-0.2, 0) is 6.18 Å². The van der Waals surface area contributed by atoms with Crippen molar-refractivity contribution in [1.29, 1.82) is 0 Å². The lowest BCUT2D eigenvalue weighted by molar-refractivity contribution is -0.137. The molecule has 1 aliphatic carbocycles. The first-order chi connectivity index (χ1) is 8.77. The van der Waals surface area contributed by atoms with Crippen LogP contribution in [0.1, 0.15) is 18.4 Å². The van der Waals surface area contributed by atoms with Crippen LogP contribution in [-0.4, -0.2) is 23.4 Å². The largest absolute Gasteiger partial charge is 0.419 e. The molecule has 1 aliphatic rings. The van der Waals surface area contributed by atoms with Gasteiger partial charge < -0.3 is 4.90 Å². The minimum absolute atomic E-state index is 0.00581. The van der Waals surface area contributed by atoms with E-state index in [1.165, 1.54) is 6.20 Å². The molecule has 106 valence electrons. The highest BCUT2D eigenvalue weighted by molar-refractivity contribution is 9.10. The molecule has 0 spiro atoms. The molecular formula is C12H13Br2F3N2. The summed E-state index contributed by atoms with van der Waals surface area (Å²) in [4.78, 5) is 6.02. The van der Waals surface area contributed by atoms with Gasteiger partial charge in [-0.1, -0.05) is 15.9 Å². The molecule has 0 aromatic carbocycles. The number of halogens is 5. The molecule has 0 amide bonds. The summed E-state index contributed by atoms with van der Waals surface area (Å²) in [6.45, 7) is 0.597. The molecule has 1 aromatic rings. The number of anilines is 1. The van der Waals surface area contributed by atoms with Gasteiger partial charge in [-0.05, 0) is 40.8 Å². The van der Waals surface area contributed by atoms with Crippen molar-refractivity contribution in [3.63, 3.8) is 0 Å². The zero-order valence-electron chi connectivity index (χ0n) is 10.2. The van der Waals surface area contributed by atoms with Gasteiger partial charge in [0.05, 0.1) is 5.56 Å². The molecule has 1 fully saturated rings. The van der Waals surface area contributed by atoms with E-state index >= 15 is 0 Å². The standard InChI is InChI=1S/C12H13Br2F3N2/c1-19(6-7-2-8(13)3-7)11-10(12(15,16)17)4-9(14)5-18-11/h4-5,7-8H,2-3,6H2,1H3. The maximum atomic E-state index is 13.0. The third kappa shape index (κ3) is 3.62. The topological polar surface area (TPSA) is 16.1 Å². The molecule has 2 rings (SSSR count). The summed E-state index contributed by atoms with van der Waals surface area (Å²) in [6.07, 6.45) is -0.989. The Balaban J connectivity index is 2.18. The van der Waals surface area contributed by atoms with E-state index < -0.39 is 11.7 Å². The molecule has 0 atom stereocenters. The maximum absolute atomic E-state index is 13.0. The first-order valence-corrected chi connectivity index (χ1v) is 7.56. The fourth-order valence-corrected chi connectivity index (χ4v) is 3.61. The van der Waals surface area contributed by atoms with Crippen LogP contribution in [0.2, 0.25) is 0 Å². The summed E-state index contributed by atoms with van der Waals surface area (Å²) in [5.41, 5.74) is -0.695. The van der Waals surface area contributed by atoms with Crippen LogP contribution < -0.4 is 4.90 Å². The van der Waals surface area contributed by atoms with E-state index in [-0.39, 0.29) is 5.82 Å². The van der Waals surface area contributed by atoms with E-state index in [9.17, 15) is 13.2 Å². The van der Waals surface area contributed by atoms with Crippen LogP contribution in [0.25, 0.3) is 0 Å². The van der Waals surface area contributed by atoms with Crippen molar-refractivity contribution in [3.05, 3.63) is 22.3 Å². The van der Waals surface area contributed by atoms with Gasteiger partial charge in [-0.25, -0.2) is 4.98 Å². The zero-order chi connectivity index (χ0) is 14.2. The van der Waals surface area contributed by atoms with Gasteiger partial charge in [0.15, 0.2) is 0 Å². The Labute approximate surface area is 126 Å². The summed E-state index contributed by atoms with van der Waals surface area (Å²) in [7, 11) is 1.66. The second-order valence-electron chi connectivity index (χ2n) is 4.84. The molecule has 0 bridgehead atoms. The SMILES string of the molecule is CN(CC1CC(Br)C1)c1ncc(Br)cc1C(F)(F)F. The molecular weight excluding hydrogens is 389 g/mol. The van der Waals surface area contributed by atoms with Gasteiger partial charge in [-0.15, -0.1) is 0 Å². The second-order valence-corrected chi connectivity index (χ2v) is 7.05. The lowest BCUT2D eigenvalue weighted by atomic mass is 9.85. The van der Waals surface area contributed by atoms with Gasteiger partial charge in [-0.2, -0.15) is 13.2 Å². The van der Waals surface area contributed by atoms with Crippen molar-refractivity contribution in [2.24, 2.45) is 5.92 Å². The fourth-order valence-electron chi connectivity index (χ4n) is 2.22. The van der Waals surface area contributed by atoms with Crippen molar-refractivity contribution in [3.8, 4) is 0 Å². The van der Waals surface area contributed by atoms with Gasteiger partial charge >= 0.3 is 6.18 Å². The van der Waals surface area contributed by atoms with Gasteiger partial charge in [0, 0.05) is 29.1 Å². The van der Waals surface area contributed by atoms with Crippen molar-refractivity contribution < 1.29 is 13.2 Å². The molecule has 1 heterocycles. The maximum Gasteiger partial charge on any atom is 0.419 e. The summed E-state index contributed by atoms with van der Waals surface area (Å²) in [5.74, 6) is 0.426. The Hall–Kier alpha value is -0.300. The molecule has 19 heavy (non-hydrogen) atoms. The molecule has 2 nitrogen and oxygen atoms in total. The number of aromatic nitrogens is 1. The lowest BCUT2D eigenvalue weighted by Crippen LogP contribution is -2.35. The molecule has 0 N–H and O–H groups in total. The van der Waals surface area contributed by atoms with Gasteiger partial charge in [-0.3, -0.25) is 0 Å². The molecule has 1 saturated carbocycles. The van der Waals surface area contributed by atoms with E-state index in [1.807, 2.05) is 0 Å². The predicted octanol–water partition coefficient (Wildman–Crippen LogP) is 4.47. The first-order valence-electron chi connectivity index (χ1n) is 5.85. The van der Waals surface area contributed by atoms with Crippen molar-refractivity contribution in [2.45, 2.75) is 23.8 Å². The minimum atomic E-state index is -4.39. The summed E-state index contributed by atoms with van der Waals surface area (Å²) in [5, 5.41) is 0. The smallest absolute Gasteiger partial charge is 0.359 e. The van der Waals surface area contributed by atoms with Crippen LogP contribution in [0.4, 0.5) is 19.0 Å². The van der Waals surface area contributed by atoms with E-state index in [0.29, 0.717) is 21.8 Å². The number of pyridine rings is 1. The van der Waals surface area contributed by atoms with Gasteiger partial charge in [0.2, 0.25) is 0 Å². The summed E-state index contributed by atoms with van der Waals surface area (Å²) in [6, 6.07) is 1.08. The number of hydrogen-bond acceptors (Lipinski definition) is 2. The normalized spacial score (nSPS) is 23.1. The van der Waals surface area contributed by atoms with Crippen molar-refractivity contribution in [1.82, 2.24) is 4.98 Å². The number of alkyl halides is 4. The quantitative estimate of drug-likeness (QED) is 0.694. The molecule has 7 heteroatoms. The van der Waals surface area contributed by atoms with E-state index in [4.69, 9.17) is 0 Å². The number of nitrogens with zero attached hydrogens (tertiary/aromatic N) is 2. The average Bonchev–Trinajstić information content (AvgIpc) is 2.25. The molecule has 0 saturated heterocycles. The Bertz CT molecular complexity index is 459. The Morgan fingerprint density at radius 1 is 1.42 bits per heavy atom. The summed E-state index contributed by atoms with van der Waals surface area (Å²) >= 11 is 6.52. The van der Waals surface area contributed by atoms with Crippen LogP contribution >= 0.6 is 31.9 Å². The zero-order valence-corrected chi connectivity index (χ0v) is 13.4. The molecule has 0 unspecified atom stereocenters. The Kier molecular flexibility index (Phi) is 4.45. The Morgan fingerprint density at radius 3 is 2.58 bits per heavy atom. The highest BCUT2D eigenvalue weighted by Crippen LogP contribution is 2.38. The molecule has 1 aromatic heterocycles. The number of rotatable bonds is 3. The summed E-state index contributed by atoms with van der Waals surface area (Å²) < 4.78 is 39.3. The third-order valence-corrected chi connectivity index (χ3v) is 4.39. The predicted molar refractivity (Wildman–Crippen MR) is 75.6 cm³/mol. The van der Waals surface area contributed by atoms with Crippen LogP contribution in [0, 0.1) is 5.92 Å². The van der Waals surface area contributed by atoms with Crippen LogP contribution in [0.3, 0.4) is 0 Å². The highest BCUT2D eigenvalue weighted by atomic mass is 79.9. The van der Waals surface area contributed by atoms with E-state index in [1.54, 1.807) is 11.9 Å². The Morgan fingerprint density at radius 2 is 2.05 bits per heavy atom. The van der Waals surface area contributed by atoms with Crippen molar-refractivity contribution >= 4 is 37.7 Å². The molecule has 0 aliphatic heterocycles. The van der Waals surface area contributed by atoms with Crippen molar-refractivity contribution in [2.75, 3.05) is 18.5 Å². The first kappa shape index (κ1) is 15.1. The van der Waals surface area contributed by atoms with E-state index in [2.05, 4.69) is 36.8 Å². The van der Waals surface area contributed by atoms with E-state index in [0.717, 1.165) is 18.9 Å². The van der Waals surface area contributed by atoms with Gasteiger partial charge in [0.1, 0.15) is 5.82 Å². The second kappa shape index (κ2) is 5.60. The molecule has 0 radical (unpaired) electrons.